The van der Waals surface area contributed by atoms with Gasteiger partial charge in [-0.05, 0) is 36.6 Å². The van der Waals surface area contributed by atoms with E-state index < -0.39 is 12.1 Å². The number of benzene rings is 2. The number of aliphatic carboxylic acids is 1. The van der Waals surface area contributed by atoms with Crippen molar-refractivity contribution >= 4 is 22.9 Å². The molecule has 1 atom stereocenters. The van der Waals surface area contributed by atoms with Crippen LogP contribution in [0, 0.1) is 5.82 Å². The van der Waals surface area contributed by atoms with E-state index in [-0.39, 0.29) is 12.2 Å². The highest BCUT2D eigenvalue weighted by Crippen LogP contribution is 2.45. The van der Waals surface area contributed by atoms with Crippen molar-refractivity contribution in [1.82, 2.24) is 4.98 Å². The average molecular weight is 403 g/mol. The number of carboxylic acid groups (broad SMARTS) is 1. The Kier molecular flexibility index (Phi) is 5.72. The second-order valence-corrected chi connectivity index (χ2v) is 7.49. The first-order valence-electron chi connectivity index (χ1n) is 9.96. The van der Waals surface area contributed by atoms with Gasteiger partial charge in [-0.3, -0.25) is 9.78 Å². The molecular weight excluding hydrogens is 381 g/mol. The summed E-state index contributed by atoms with van der Waals surface area (Å²) in [6.45, 7) is 0. The lowest BCUT2D eigenvalue weighted by atomic mass is 9.92. The molecular formula is C25H22FNO3. The fourth-order valence-corrected chi connectivity index (χ4v) is 3.60. The third-order valence-corrected chi connectivity index (χ3v) is 5.15. The van der Waals surface area contributed by atoms with Crippen LogP contribution in [0.3, 0.4) is 0 Å². The largest absolute Gasteiger partial charge is 0.481 e. The molecule has 4 nitrogen and oxygen atoms in total. The molecule has 30 heavy (non-hydrogen) atoms. The third-order valence-electron chi connectivity index (χ3n) is 5.15. The van der Waals surface area contributed by atoms with E-state index in [1.165, 1.54) is 18.2 Å². The van der Waals surface area contributed by atoms with Gasteiger partial charge in [0.25, 0.3) is 0 Å². The van der Waals surface area contributed by atoms with E-state index in [0.29, 0.717) is 5.92 Å². The zero-order chi connectivity index (χ0) is 21.1. The van der Waals surface area contributed by atoms with Gasteiger partial charge in [0.1, 0.15) is 5.82 Å². The Hall–Kier alpha value is -3.31. The molecule has 1 heterocycles. The number of carboxylic acids is 1. The summed E-state index contributed by atoms with van der Waals surface area (Å²) in [5.41, 5.74) is 4.80. The fraction of sp³-hybridized carbons (Fsp3) is 0.200. The van der Waals surface area contributed by atoms with E-state index in [4.69, 9.17) is 10.1 Å². The van der Waals surface area contributed by atoms with E-state index in [1.54, 1.807) is 24.3 Å². The molecule has 2 aromatic carbocycles. The molecule has 1 aliphatic rings. The Morgan fingerprint density at radius 1 is 1.13 bits per heavy atom. The van der Waals surface area contributed by atoms with Crippen molar-refractivity contribution in [3.05, 3.63) is 83.8 Å². The van der Waals surface area contributed by atoms with Crippen molar-refractivity contribution in [3.63, 3.8) is 0 Å². The molecule has 0 radical (unpaired) electrons. The van der Waals surface area contributed by atoms with Crippen LogP contribution in [0.4, 0.5) is 4.39 Å². The van der Waals surface area contributed by atoms with Gasteiger partial charge in [0.05, 0.1) is 23.7 Å². The first-order chi connectivity index (χ1) is 14.5. The zero-order valence-corrected chi connectivity index (χ0v) is 16.3. The van der Waals surface area contributed by atoms with E-state index in [0.717, 1.165) is 46.1 Å². The minimum absolute atomic E-state index is 0.285. The van der Waals surface area contributed by atoms with Crippen LogP contribution in [0.1, 0.15) is 36.4 Å². The number of rotatable bonds is 7. The van der Waals surface area contributed by atoms with Crippen LogP contribution in [0.2, 0.25) is 0 Å². The molecule has 0 spiro atoms. The van der Waals surface area contributed by atoms with E-state index in [2.05, 4.69) is 0 Å². The van der Waals surface area contributed by atoms with Gasteiger partial charge in [-0.1, -0.05) is 54.6 Å². The highest BCUT2D eigenvalue weighted by molar-refractivity contribution is 5.99. The molecule has 1 saturated carbocycles. The number of pyridine rings is 1. The molecule has 1 aliphatic carbocycles. The SMILES string of the molecule is O=C(O)C[C@H](O)/C=C/C=C/c1c(C2CC2)nc2ccccc2c1-c1ccc(F)cc1. The number of aliphatic hydroxyl groups is 1. The zero-order valence-electron chi connectivity index (χ0n) is 16.3. The van der Waals surface area contributed by atoms with Crippen LogP contribution >= 0.6 is 0 Å². The van der Waals surface area contributed by atoms with Crippen molar-refractivity contribution in [1.29, 1.82) is 0 Å². The number of aliphatic hydroxyl groups excluding tert-OH is 1. The van der Waals surface area contributed by atoms with Gasteiger partial charge in [0.15, 0.2) is 0 Å². The molecule has 0 saturated heterocycles. The van der Waals surface area contributed by atoms with E-state index in [9.17, 15) is 14.3 Å². The number of aromatic nitrogens is 1. The minimum atomic E-state index is -1.05. The highest BCUT2D eigenvalue weighted by atomic mass is 19.1. The van der Waals surface area contributed by atoms with Gasteiger partial charge < -0.3 is 10.2 Å². The van der Waals surface area contributed by atoms with Gasteiger partial charge in [0, 0.05) is 22.4 Å². The predicted molar refractivity (Wildman–Crippen MR) is 116 cm³/mol. The Balaban J connectivity index is 1.82. The van der Waals surface area contributed by atoms with Crippen molar-refractivity contribution in [2.24, 2.45) is 0 Å². The smallest absolute Gasteiger partial charge is 0.306 e. The van der Waals surface area contributed by atoms with Crippen molar-refractivity contribution in [3.8, 4) is 11.1 Å². The molecule has 0 bridgehead atoms. The Morgan fingerprint density at radius 3 is 2.57 bits per heavy atom. The van der Waals surface area contributed by atoms with Crippen LogP contribution in [0.15, 0.2) is 66.8 Å². The number of fused-ring (bicyclic) bond motifs is 1. The van der Waals surface area contributed by atoms with E-state index >= 15 is 0 Å². The summed E-state index contributed by atoms with van der Waals surface area (Å²) in [6, 6.07) is 14.4. The fourth-order valence-electron chi connectivity index (χ4n) is 3.60. The lowest BCUT2D eigenvalue weighted by molar-refractivity contribution is -0.138. The summed E-state index contributed by atoms with van der Waals surface area (Å²) >= 11 is 0. The summed E-state index contributed by atoms with van der Waals surface area (Å²) in [4.78, 5) is 15.6. The number of hydrogen-bond donors (Lipinski definition) is 2. The quantitative estimate of drug-likeness (QED) is 0.524. The second kappa shape index (κ2) is 8.59. The average Bonchev–Trinajstić information content (AvgIpc) is 3.56. The molecule has 3 aromatic rings. The van der Waals surface area contributed by atoms with Crippen molar-refractivity contribution < 1.29 is 19.4 Å². The number of hydrogen-bond acceptors (Lipinski definition) is 3. The van der Waals surface area contributed by atoms with Crippen molar-refractivity contribution in [2.45, 2.75) is 31.3 Å². The number of allylic oxidation sites excluding steroid dienone is 2. The second-order valence-electron chi connectivity index (χ2n) is 7.49. The number of nitrogens with zero attached hydrogens (tertiary/aromatic N) is 1. The molecule has 5 heteroatoms. The molecule has 4 rings (SSSR count). The standard InChI is InChI=1S/C25H22FNO3/c26-18-13-11-16(12-14-18)24-20-6-3-4-8-22(20)27-25(17-9-10-17)21(24)7-2-1-5-19(28)15-23(29)30/h1-8,11-14,17,19,28H,9-10,15H2,(H,29,30)/b5-1+,7-2+/t19-/m1/s1. The molecule has 0 unspecified atom stereocenters. The molecule has 0 aliphatic heterocycles. The summed E-state index contributed by atoms with van der Waals surface area (Å²) in [6.07, 6.45) is 7.62. The van der Waals surface area contributed by atoms with E-state index in [1.807, 2.05) is 30.3 Å². The maximum Gasteiger partial charge on any atom is 0.306 e. The summed E-state index contributed by atoms with van der Waals surface area (Å²) in [5, 5.41) is 19.5. The molecule has 2 N–H and O–H groups in total. The molecule has 152 valence electrons. The van der Waals surface area contributed by atoms with Crippen LogP contribution in [0.25, 0.3) is 28.1 Å². The summed E-state index contributed by atoms with van der Waals surface area (Å²) in [5.74, 6) is -0.938. The number of carbonyl (C=O) groups is 1. The van der Waals surface area contributed by atoms with Crippen molar-refractivity contribution in [2.75, 3.05) is 0 Å². The van der Waals surface area contributed by atoms with Crippen LogP contribution in [0.5, 0.6) is 0 Å². The first-order valence-corrected chi connectivity index (χ1v) is 9.96. The maximum absolute atomic E-state index is 13.5. The Morgan fingerprint density at radius 2 is 1.87 bits per heavy atom. The van der Waals surface area contributed by atoms with Gasteiger partial charge in [0.2, 0.25) is 0 Å². The Bertz CT molecular complexity index is 1130. The van der Waals surface area contributed by atoms with Gasteiger partial charge in [-0.15, -0.1) is 0 Å². The predicted octanol–water partition coefficient (Wildman–Crippen LogP) is 5.32. The molecule has 1 aromatic heterocycles. The summed E-state index contributed by atoms with van der Waals surface area (Å²) in [7, 11) is 0. The van der Waals surface area contributed by atoms with Crippen LogP contribution < -0.4 is 0 Å². The number of para-hydroxylation sites is 1. The highest BCUT2D eigenvalue weighted by Gasteiger charge is 2.29. The normalized spacial score (nSPS) is 15.3. The lowest BCUT2D eigenvalue weighted by Crippen LogP contribution is -2.09. The van der Waals surface area contributed by atoms with Gasteiger partial charge in [-0.25, -0.2) is 4.39 Å². The van der Waals surface area contributed by atoms with Gasteiger partial charge >= 0.3 is 5.97 Å². The van der Waals surface area contributed by atoms with Crippen LogP contribution in [-0.2, 0) is 4.79 Å². The first kappa shape index (κ1) is 20.0. The monoisotopic (exact) mass is 403 g/mol. The number of halogens is 1. The molecule has 0 amide bonds. The minimum Gasteiger partial charge on any atom is -0.481 e. The topological polar surface area (TPSA) is 70.4 Å². The molecule has 1 fully saturated rings. The maximum atomic E-state index is 13.5. The lowest BCUT2D eigenvalue weighted by Gasteiger charge is -2.15. The Labute approximate surface area is 174 Å². The van der Waals surface area contributed by atoms with Gasteiger partial charge in [-0.2, -0.15) is 0 Å². The van der Waals surface area contributed by atoms with Crippen LogP contribution in [-0.4, -0.2) is 27.3 Å². The third kappa shape index (κ3) is 4.47. The summed E-state index contributed by atoms with van der Waals surface area (Å²) < 4.78 is 13.5.